The maximum absolute atomic E-state index is 14.8. The van der Waals surface area contributed by atoms with Crippen molar-refractivity contribution in [2.45, 2.75) is 72.0 Å². The largest absolute Gasteiger partial charge is 0.352 e. The molecule has 9 heteroatoms. The molecule has 0 saturated carbocycles. The zero-order valence-electron chi connectivity index (χ0n) is 25.1. The van der Waals surface area contributed by atoms with Gasteiger partial charge in [0.15, 0.2) is 0 Å². The van der Waals surface area contributed by atoms with E-state index in [1.54, 1.807) is 30.3 Å². The van der Waals surface area contributed by atoms with Gasteiger partial charge in [0.25, 0.3) is 0 Å². The van der Waals surface area contributed by atoms with Crippen LogP contribution in [-0.4, -0.2) is 50.0 Å². The lowest BCUT2D eigenvalue weighted by molar-refractivity contribution is -0.141. The van der Waals surface area contributed by atoms with Crippen molar-refractivity contribution in [1.82, 2.24) is 10.2 Å². The molecular formula is C33H42FN3O4S. The second-order valence-corrected chi connectivity index (χ2v) is 12.8. The average molecular weight is 596 g/mol. The van der Waals surface area contributed by atoms with E-state index in [0.717, 1.165) is 22.9 Å². The summed E-state index contributed by atoms with van der Waals surface area (Å²) in [5.74, 6) is -1.13. The minimum atomic E-state index is -3.62. The van der Waals surface area contributed by atoms with Gasteiger partial charge in [-0.25, -0.2) is 12.8 Å². The number of sulfonamides is 1. The van der Waals surface area contributed by atoms with E-state index in [-0.39, 0.29) is 50.2 Å². The Morgan fingerprint density at radius 1 is 0.952 bits per heavy atom. The van der Waals surface area contributed by atoms with E-state index in [9.17, 15) is 22.4 Å². The van der Waals surface area contributed by atoms with E-state index in [0.29, 0.717) is 17.7 Å². The topological polar surface area (TPSA) is 86.8 Å². The summed E-state index contributed by atoms with van der Waals surface area (Å²) < 4.78 is 41.5. The van der Waals surface area contributed by atoms with Gasteiger partial charge in [0.05, 0.1) is 11.9 Å². The lowest BCUT2D eigenvalue weighted by Gasteiger charge is -2.33. The molecule has 0 unspecified atom stereocenters. The molecule has 0 saturated heterocycles. The molecule has 0 fully saturated rings. The van der Waals surface area contributed by atoms with Gasteiger partial charge in [-0.15, -0.1) is 0 Å². The summed E-state index contributed by atoms with van der Waals surface area (Å²) in [6, 6.07) is 20.2. The number of benzene rings is 3. The zero-order chi connectivity index (χ0) is 30.9. The Kier molecular flexibility index (Phi) is 11.7. The Balaban J connectivity index is 1.91. The quantitative estimate of drug-likeness (QED) is 0.265. The molecule has 3 aromatic carbocycles. The van der Waals surface area contributed by atoms with Crippen molar-refractivity contribution in [3.63, 3.8) is 0 Å². The molecule has 0 heterocycles. The molecule has 0 aliphatic carbocycles. The minimum Gasteiger partial charge on any atom is -0.352 e. The molecule has 7 nitrogen and oxygen atoms in total. The predicted octanol–water partition coefficient (Wildman–Crippen LogP) is 5.54. The van der Waals surface area contributed by atoms with Crippen LogP contribution in [0.1, 0.15) is 55.4 Å². The van der Waals surface area contributed by atoms with E-state index in [2.05, 4.69) is 5.32 Å². The van der Waals surface area contributed by atoms with Gasteiger partial charge in [-0.3, -0.25) is 13.9 Å². The van der Waals surface area contributed by atoms with E-state index >= 15 is 0 Å². The molecule has 3 rings (SSSR count). The minimum absolute atomic E-state index is 0.0207. The fourth-order valence-corrected chi connectivity index (χ4v) is 5.85. The van der Waals surface area contributed by atoms with Gasteiger partial charge in [0.1, 0.15) is 11.9 Å². The van der Waals surface area contributed by atoms with Gasteiger partial charge in [-0.05, 0) is 68.5 Å². The first-order valence-electron chi connectivity index (χ1n) is 14.3. The number of anilines is 1. The highest BCUT2D eigenvalue weighted by molar-refractivity contribution is 7.92. The van der Waals surface area contributed by atoms with Crippen LogP contribution in [0.4, 0.5) is 10.1 Å². The van der Waals surface area contributed by atoms with Crippen LogP contribution in [0.25, 0.3) is 0 Å². The van der Waals surface area contributed by atoms with Gasteiger partial charge >= 0.3 is 0 Å². The smallest absolute Gasteiger partial charge is 0.243 e. The maximum atomic E-state index is 14.8. The highest BCUT2D eigenvalue weighted by Gasteiger charge is 2.31. The lowest BCUT2D eigenvalue weighted by atomic mass is 10.0. The molecule has 226 valence electrons. The number of halogens is 1. The highest BCUT2D eigenvalue weighted by Crippen LogP contribution is 2.23. The lowest BCUT2D eigenvalue weighted by Crippen LogP contribution is -2.52. The Morgan fingerprint density at radius 2 is 1.57 bits per heavy atom. The monoisotopic (exact) mass is 595 g/mol. The van der Waals surface area contributed by atoms with Crippen LogP contribution in [0.2, 0.25) is 0 Å². The van der Waals surface area contributed by atoms with E-state index < -0.39 is 21.9 Å². The summed E-state index contributed by atoms with van der Waals surface area (Å²) in [4.78, 5) is 28.9. The molecule has 3 aromatic rings. The van der Waals surface area contributed by atoms with Crippen molar-refractivity contribution in [3.8, 4) is 0 Å². The van der Waals surface area contributed by atoms with Gasteiger partial charge in [-0.1, -0.05) is 61.5 Å². The summed E-state index contributed by atoms with van der Waals surface area (Å²) in [6.45, 7) is 7.65. The second kappa shape index (κ2) is 15.0. The first-order valence-corrected chi connectivity index (χ1v) is 16.2. The van der Waals surface area contributed by atoms with E-state index in [1.807, 2.05) is 64.1 Å². The molecule has 1 N–H and O–H groups in total. The molecular weight excluding hydrogens is 553 g/mol. The van der Waals surface area contributed by atoms with Crippen LogP contribution in [0, 0.1) is 19.7 Å². The van der Waals surface area contributed by atoms with Crippen molar-refractivity contribution < 1.29 is 22.4 Å². The zero-order valence-corrected chi connectivity index (χ0v) is 26.0. The maximum Gasteiger partial charge on any atom is 0.243 e. The molecule has 0 spiro atoms. The van der Waals surface area contributed by atoms with Crippen molar-refractivity contribution in [2.75, 3.05) is 17.1 Å². The van der Waals surface area contributed by atoms with Crippen molar-refractivity contribution >= 4 is 27.5 Å². The third kappa shape index (κ3) is 9.41. The molecule has 2 amide bonds. The Morgan fingerprint density at radius 3 is 2.17 bits per heavy atom. The summed E-state index contributed by atoms with van der Waals surface area (Å²) in [5.41, 5.74) is 3.57. The number of amides is 2. The second-order valence-electron chi connectivity index (χ2n) is 10.9. The molecule has 2 atom stereocenters. The third-order valence-corrected chi connectivity index (χ3v) is 8.41. The van der Waals surface area contributed by atoms with E-state index in [1.165, 1.54) is 15.3 Å². The number of nitrogens with one attached hydrogen (secondary N) is 1. The standard InChI is InChI=1S/C33H42FN3O4S/c1-6-26(4)35-33(39)31(22-27-13-8-7-9-14-27)36(23-28-15-10-11-16-30(28)34)32(38)17-12-18-37(42(5,40)41)29-20-24(2)19-25(3)21-29/h7-11,13-16,19-21,26,31H,6,12,17-18,22-23H2,1-5H3,(H,35,39)/t26-,31-/m1/s1. The van der Waals surface area contributed by atoms with Crippen LogP contribution in [0.15, 0.2) is 72.8 Å². The van der Waals surface area contributed by atoms with Crippen molar-refractivity contribution in [1.29, 1.82) is 0 Å². The Labute approximate surface area is 249 Å². The van der Waals surface area contributed by atoms with Gasteiger partial charge in [0, 0.05) is 37.5 Å². The molecule has 0 aliphatic heterocycles. The fraction of sp³-hybridized carbons (Fsp3) is 0.394. The summed E-state index contributed by atoms with van der Waals surface area (Å²) >= 11 is 0. The number of hydrogen-bond acceptors (Lipinski definition) is 4. The van der Waals surface area contributed by atoms with Gasteiger partial charge < -0.3 is 10.2 Å². The van der Waals surface area contributed by atoms with Crippen LogP contribution in [0.5, 0.6) is 0 Å². The first kappa shape index (κ1) is 32.8. The number of aryl methyl sites for hydroxylation is 2. The number of carbonyl (C=O) groups is 2. The Hall–Kier alpha value is -3.72. The highest BCUT2D eigenvalue weighted by atomic mass is 32.2. The van der Waals surface area contributed by atoms with Crippen LogP contribution >= 0.6 is 0 Å². The predicted molar refractivity (Wildman–Crippen MR) is 166 cm³/mol. The van der Waals surface area contributed by atoms with Crippen molar-refractivity contribution in [3.05, 3.63) is 101 Å². The van der Waals surface area contributed by atoms with Crippen LogP contribution < -0.4 is 9.62 Å². The summed E-state index contributed by atoms with van der Waals surface area (Å²) in [6.07, 6.45) is 2.31. The molecule has 42 heavy (non-hydrogen) atoms. The van der Waals surface area contributed by atoms with Gasteiger partial charge in [-0.2, -0.15) is 0 Å². The van der Waals surface area contributed by atoms with E-state index in [4.69, 9.17) is 0 Å². The number of nitrogens with zero attached hydrogens (tertiary/aromatic N) is 2. The molecule has 0 bridgehead atoms. The molecule has 0 aliphatic rings. The van der Waals surface area contributed by atoms with Crippen LogP contribution in [-0.2, 0) is 32.6 Å². The van der Waals surface area contributed by atoms with Gasteiger partial charge in [0.2, 0.25) is 21.8 Å². The number of rotatable bonds is 14. The molecule has 0 radical (unpaired) electrons. The molecule has 0 aromatic heterocycles. The third-order valence-electron chi connectivity index (χ3n) is 7.22. The van der Waals surface area contributed by atoms with Crippen molar-refractivity contribution in [2.24, 2.45) is 0 Å². The summed E-state index contributed by atoms with van der Waals surface area (Å²) in [7, 11) is -3.62. The van der Waals surface area contributed by atoms with Crippen LogP contribution in [0.3, 0.4) is 0 Å². The summed E-state index contributed by atoms with van der Waals surface area (Å²) in [5, 5.41) is 3.00. The SMILES string of the molecule is CC[C@@H](C)NC(=O)[C@@H](Cc1ccccc1)N(Cc1ccccc1F)C(=O)CCCN(c1cc(C)cc(C)c1)S(C)(=O)=O. The first-order chi connectivity index (χ1) is 19.9. The normalized spacial score (nSPS) is 12.8. The Bertz CT molecular complexity index is 1440. The average Bonchev–Trinajstić information content (AvgIpc) is 2.93. The fourth-order valence-electron chi connectivity index (χ4n) is 4.90. The number of hydrogen-bond donors (Lipinski definition) is 1. The number of carbonyl (C=O) groups excluding carboxylic acids is 2.